The number of hydrogen-bond acceptors (Lipinski definition) is 1. The average Bonchev–Trinajstić information content (AvgIpc) is 2.83. The molecule has 1 aliphatic rings. The van der Waals surface area contributed by atoms with Crippen molar-refractivity contribution in [2.24, 2.45) is 0 Å². The highest BCUT2D eigenvalue weighted by Gasteiger charge is 2.16. The van der Waals surface area contributed by atoms with Gasteiger partial charge in [-0.2, -0.15) is 0 Å². The Hall–Kier alpha value is -1.89. The number of fused-ring (bicyclic) bond motifs is 1. The fraction of sp³-hybridized carbons (Fsp3) is 0.188. The predicted octanol–water partition coefficient (Wildman–Crippen LogP) is 3.74. The summed E-state index contributed by atoms with van der Waals surface area (Å²) in [5.74, 6) is 0. The van der Waals surface area contributed by atoms with E-state index in [1.54, 1.807) is 0 Å². The molecule has 0 unspecified atom stereocenters. The second-order valence-electron chi connectivity index (χ2n) is 4.40. The summed E-state index contributed by atoms with van der Waals surface area (Å²) in [5, 5.41) is 0. The summed E-state index contributed by atoms with van der Waals surface area (Å²) in [6, 6.07) is 12.7. The van der Waals surface area contributed by atoms with Gasteiger partial charge in [0.1, 0.15) is 0 Å². The van der Waals surface area contributed by atoms with Crippen LogP contribution in [0.3, 0.4) is 0 Å². The van der Waals surface area contributed by atoms with E-state index in [1.807, 2.05) is 18.3 Å². The molecule has 2 aromatic rings. The molecule has 17 heavy (non-hydrogen) atoms. The van der Waals surface area contributed by atoms with Crippen molar-refractivity contribution in [2.45, 2.75) is 19.8 Å². The summed E-state index contributed by atoms with van der Waals surface area (Å²) in [6.07, 6.45) is 6.27. The van der Waals surface area contributed by atoms with Gasteiger partial charge in [-0.05, 0) is 46.9 Å². The van der Waals surface area contributed by atoms with E-state index in [2.05, 4.69) is 42.2 Å². The van der Waals surface area contributed by atoms with Crippen molar-refractivity contribution >= 4 is 11.6 Å². The number of benzene rings is 1. The van der Waals surface area contributed by atoms with E-state index < -0.39 is 0 Å². The van der Waals surface area contributed by atoms with Crippen LogP contribution in [0, 0.1) is 0 Å². The smallest absolute Gasteiger partial charge is 0.0665 e. The molecule has 0 N–H and O–H groups in total. The van der Waals surface area contributed by atoms with Crippen LogP contribution in [0.25, 0.3) is 11.6 Å². The van der Waals surface area contributed by atoms with E-state index >= 15 is 0 Å². The molecule has 0 radical (unpaired) electrons. The van der Waals surface area contributed by atoms with Gasteiger partial charge in [0, 0.05) is 12.6 Å². The van der Waals surface area contributed by atoms with Gasteiger partial charge >= 0.3 is 0 Å². The average molecular weight is 221 g/mol. The minimum Gasteiger partial charge on any atom is -0.257 e. The van der Waals surface area contributed by atoms with E-state index in [0.29, 0.717) is 0 Å². The first-order valence-electron chi connectivity index (χ1n) is 6.11. The van der Waals surface area contributed by atoms with E-state index in [9.17, 15) is 0 Å². The van der Waals surface area contributed by atoms with Crippen LogP contribution >= 0.6 is 0 Å². The van der Waals surface area contributed by atoms with Crippen LogP contribution in [-0.4, -0.2) is 4.98 Å². The van der Waals surface area contributed by atoms with Crippen molar-refractivity contribution in [1.29, 1.82) is 0 Å². The third-order valence-electron chi connectivity index (χ3n) is 3.36. The third kappa shape index (κ3) is 1.78. The molecule has 0 aliphatic heterocycles. The Labute approximate surface area is 102 Å². The van der Waals surface area contributed by atoms with Gasteiger partial charge in [-0.3, -0.25) is 4.98 Å². The van der Waals surface area contributed by atoms with Gasteiger partial charge in [0.2, 0.25) is 0 Å². The zero-order valence-corrected chi connectivity index (χ0v) is 9.98. The summed E-state index contributed by atoms with van der Waals surface area (Å²) in [5.41, 5.74) is 6.72. The number of aryl methyl sites for hydroxylation is 1. The van der Waals surface area contributed by atoms with Gasteiger partial charge in [-0.15, -0.1) is 0 Å². The Kier molecular flexibility index (Phi) is 2.52. The molecule has 0 amide bonds. The topological polar surface area (TPSA) is 12.9 Å². The lowest BCUT2D eigenvalue weighted by atomic mass is 10.0. The number of hydrogen-bond donors (Lipinski definition) is 0. The lowest BCUT2D eigenvalue weighted by Gasteiger charge is -2.03. The lowest BCUT2D eigenvalue weighted by Crippen LogP contribution is -1.90. The summed E-state index contributed by atoms with van der Waals surface area (Å²) < 4.78 is 0. The van der Waals surface area contributed by atoms with Crippen LogP contribution in [0.1, 0.15) is 29.3 Å². The highest BCUT2D eigenvalue weighted by Crippen LogP contribution is 2.32. The molecule has 1 aromatic carbocycles. The van der Waals surface area contributed by atoms with Crippen molar-refractivity contribution < 1.29 is 0 Å². The summed E-state index contributed by atoms with van der Waals surface area (Å²) in [7, 11) is 0. The van der Waals surface area contributed by atoms with Crippen LogP contribution in [0.5, 0.6) is 0 Å². The van der Waals surface area contributed by atoms with E-state index in [1.165, 1.54) is 22.3 Å². The van der Waals surface area contributed by atoms with E-state index in [-0.39, 0.29) is 0 Å². The second kappa shape index (κ2) is 4.17. The maximum Gasteiger partial charge on any atom is 0.0665 e. The molecule has 3 rings (SSSR count). The van der Waals surface area contributed by atoms with E-state index in [4.69, 9.17) is 0 Å². The second-order valence-corrected chi connectivity index (χ2v) is 4.40. The molecule has 1 aromatic heterocycles. The molecule has 0 atom stereocenters. The van der Waals surface area contributed by atoms with Gasteiger partial charge in [0.15, 0.2) is 0 Å². The molecule has 0 fully saturated rings. The Morgan fingerprint density at radius 3 is 2.82 bits per heavy atom. The highest BCUT2D eigenvalue weighted by molar-refractivity contribution is 5.88. The van der Waals surface area contributed by atoms with Gasteiger partial charge < -0.3 is 0 Å². The monoisotopic (exact) mass is 221 g/mol. The Morgan fingerprint density at radius 2 is 2.06 bits per heavy atom. The molecule has 1 heterocycles. The first kappa shape index (κ1) is 10.3. The molecule has 84 valence electrons. The summed E-state index contributed by atoms with van der Waals surface area (Å²) in [4.78, 5) is 4.43. The Bertz CT molecular complexity index is 567. The quantitative estimate of drug-likeness (QED) is 0.752. The third-order valence-corrected chi connectivity index (χ3v) is 3.36. The summed E-state index contributed by atoms with van der Waals surface area (Å²) >= 11 is 0. The standard InChI is InChI=1S/C16H15N/c1-2-12-6-5-7-13-10-14(11-15(12)13)16-8-3-4-9-17-16/h3-9,11H,2,10H2,1H3. The minimum absolute atomic E-state index is 1.01. The van der Waals surface area contributed by atoms with Gasteiger partial charge in [-0.1, -0.05) is 31.2 Å². The number of allylic oxidation sites excluding steroid dienone is 1. The zero-order valence-electron chi connectivity index (χ0n) is 9.98. The molecular weight excluding hydrogens is 206 g/mol. The van der Waals surface area contributed by atoms with E-state index in [0.717, 1.165) is 18.5 Å². The predicted molar refractivity (Wildman–Crippen MR) is 71.6 cm³/mol. The van der Waals surface area contributed by atoms with Gasteiger partial charge in [-0.25, -0.2) is 0 Å². The molecule has 1 heteroatoms. The maximum absolute atomic E-state index is 4.43. The van der Waals surface area contributed by atoms with Crippen molar-refractivity contribution in [1.82, 2.24) is 4.98 Å². The Balaban J connectivity index is 2.04. The fourth-order valence-corrected chi connectivity index (χ4v) is 2.46. The van der Waals surface area contributed by atoms with Crippen molar-refractivity contribution in [3.8, 4) is 0 Å². The fourth-order valence-electron chi connectivity index (χ4n) is 2.46. The normalized spacial score (nSPS) is 13.4. The lowest BCUT2D eigenvalue weighted by molar-refractivity contribution is 1.12. The molecule has 1 aliphatic carbocycles. The van der Waals surface area contributed by atoms with Crippen molar-refractivity contribution in [3.63, 3.8) is 0 Å². The van der Waals surface area contributed by atoms with Gasteiger partial charge in [0.25, 0.3) is 0 Å². The number of pyridine rings is 1. The summed E-state index contributed by atoms with van der Waals surface area (Å²) in [6.45, 7) is 2.21. The number of aromatic nitrogens is 1. The number of nitrogens with zero attached hydrogens (tertiary/aromatic N) is 1. The van der Waals surface area contributed by atoms with Crippen LogP contribution < -0.4 is 0 Å². The molecule has 1 nitrogen and oxygen atoms in total. The molecule has 0 saturated carbocycles. The van der Waals surface area contributed by atoms with Crippen LogP contribution in [-0.2, 0) is 12.8 Å². The SMILES string of the molecule is CCc1cccc2c1C=C(c1ccccn1)C2. The Morgan fingerprint density at radius 1 is 1.12 bits per heavy atom. The maximum atomic E-state index is 4.43. The van der Waals surface area contributed by atoms with Crippen LogP contribution in [0.15, 0.2) is 42.6 Å². The molecule has 0 saturated heterocycles. The minimum atomic E-state index is 1.01. The highest BCUT2D eigenvalue weighted by atomic mass is 14.7. The number of rotatable bonds is 2. The molecular formula is C16H15N. The zero-order chi connectivity index (χ0) is 11.7. The van der Waals surface area contributed by atoms with Gasteiger partial charge in [0.05, 0.1) is 5.69 Å². The van der Waals surface area contributed by atoms with Crippen LogP contribution in [0.4, 0.5) is 0 Å². The molecule has 0 bridgehead atoms. The first-order valence-corrected chi connectivity index (χ1v) is 6.11. The first-order chi connectivity index (χ1) is 8.38. The molecule has 0 spiro atoms. The van der Waals surface area contributed by atoms with Crippen molar-refractivity contribution in [3.05, 3.63) is 65.0 Å². The van der Waals surface area contributed by atoms with Crippen LogP contribution in [0.2, 0.25) is 0 Å². The largest absolute Gasteiger partial charge is 0.257 e. The van der Waals surface area contributed by atoms with Crippen molar-refractivity contribution in [2.75, 3.05) is 0 Å².